The van der Waals surface area contributed by atoms with Crippen LogP contribution in [0.25, 0.3) is 0 Å². The number of hydrogen-bond donors (Lipinski definition) is 0. The molecule has 0 N–H and O–H groups in total. The summed E-state index contributed by atoms with van der Waals surface area (Å²) < 4.78 is 10.5. The lowest BCUT2D eigenvalue weighted by Crippen LogP contribution is -3.00. The summed E-state index contributed by atoms with van der Waals surface area (Å²) >= 11 is 0. The van der Waals surface area contributed by atoms with Gasteiger partial charge in [-0.3, -0.25) is 0 Å². The van der Waals surface area contributed by atoms with Crippen molar-refractivity contribution in [1.82, 2.24) is 18.7 Å². The lowest BCUT2D eigenvalue weighted by atomic mass is 10.7. The first-order chi connectivity index (χ1) is 9.00. The third-order valence-electron chi connectivity index (χ3n) is 3.87. The number of rotatable bonds is 10. The van der Waals surface area contributed by atoms with Crippen LogP contribution < -0.4 is 24.0 Å². The van der Waals surface area contributed by atoms with Crippen molar-refractivity contribution in [1.29, 1.82) is 0 Å². The van der Waals surface area contributed by atoms with Crippen LogP contribution in [0.15, 0.2) is 0 Å². The van der Waals surface area contributed by atoms with Crippen LogP contribution in [0.5, 0.6) is 0 Å². The second kappa shape index (κ2) is 11.6. The number of nitrogens with zero attached hydrogens (tertiary/aromatic N) is 4. The summed E-state index contributed by atoms with van der Waals surface area (Å²) in [5.41, 5.74) is 0. The normalized spacial score (nSPS) is 12.6. The molecule has 0 bridgehead atoms. The van der Waals surface area contributed by atoms with Crippen LogP contribution >= 0.6 is 7.87 Å². The van der Waals surface area contributed by atoms with E-state index in [-0.39, 0.29) is 24.0 Å². The molecule has 0 unspecified atom stereocenters. The molecule has 0 aliphatic carbocycles. The summed E-state index contributed by atoms with van der Waals surface area (Å²) in [6.07, 6.45) is 0. The van der Waals surface area contributed by atoms with Crippen molar-refractivity contribution < 1.29 is 24.0 Å². The molecule has 0 aliphatic heterocycles. The molecule has 20 heavy (non-hydrogen) atoms. The Hall–Kier alpha value is 1.00. The van der Waals surface area contributed by atoms with E-state index in [1.165, 1.54) is 0 Å². The van der Waals surface area contributed by atoms with Crippen molar-refractivity contribution in [3.05, 3.63) is 0 Å². The average molecular weight is 418 g/mol. The van der Waals surface area contributed by atoms with Crippen LogP contribution in [-0.2, 0) is 0 Å². The maximum absolute atomic E-state index is 2.67. The van der Waals surface area contributed by atoms with Gasteiger partial charge in [0.05, 0.1) is 0 Å². The third-order valence-corrected chi connectivity index (χ3v) is 8.91. The minimum absolute atomic E-state index is 0. The van der Waals surface area contributed by atoms with E-state index in [2.05, 4.69) is 74.3 Å². The molecular weight excluding hydrogens is 382 g/mol. The first kappa shape index (κ1) is 23.3. The van der Waals surface area contributed by atoms with Crippen LogP contribution in [0.3, 0.4) is 0 Å². The maximum atomic E-state index is 2.67. The summed E-state index contributed by atoms with van der Waals surface area (Å²) in [4.78, 5) is 0. The Bertz CT molecular complexity index is 198. The molecule has 0 heterocycles. The molecule has 0 radical (unpaired) electrons. The second-order valence-corrected chi connectivity index (χ2v) is 8.37. The summed E-state index contributed by atoms with van der Waals surface area (Å²) in [7, 11) is 2.94. The molecule has 0 aromatic rings. The van der Waals surface area contributed by atoms with E-state index in [1.807, 2.05) is 0 Å². The molecule has 0 amide bonds. The highest BCUT2D eigenvalue weighted by Crippen LogP contribution is 2.68. The smallest absolute Gasteiger partial charge is 0.308 e. The maximum Gasteiger partial charge on any atom is 0.308 e. The largest absolute Gasteiger partial charge is 1.00 e. The summed E-state index contributed by atoms with van der Waals surface area (Å²) in [5.74, 6) is 0. The Morgan fingerprint density at radius 1 is 0.550 bits per heavy atom. The Morgan fingerprint density at radius 2 is 0.750 bits per heavy atom. The van der Waals surface area contributed by atoms with Gasteiger partial charge >= 0.3 is 7.87 Å². The molecule has 0 spiro atoms. The van der Waals surface area contributed by atoms with Crippen molar-refractivity contribution >= 4 is 7.87 Å². The Kier molecular flexibility index (Phi) is 13.4. The van der Waals surface area contributed by atoms with E-state index in [4.69, 9.17) is 0 Å². The lowest BCUT2D eigenvalue weighted by molar-refractivity contribution is -0.00000499. The zero-order valence-corrected chi connectivity index (χ0v) is 17.9. The number of hydrogen-bond acceptors (Lipinski definition) is 4. The molecule has 0 aromatic heterocycles. The van der Waals surface area contributed by atoms with Gasteiger partial charge in [0.15, 0.2) is 0 Å². The van der Waals surface area contributed by atoms with E-state index in [0.29, 0.717) is 0 Å². The van der Waals surface area contributed by atoms with Crippen molar-refractivity contribution in [2.75, 3.05) is 53.4 Å². The number of halogens is 1. The minimum atomic E-state index is -1.57. The predicted molar refractivity (Wildman–Crippen MR) is 89.4 cm³/mol. The first-order valence-electron chi connectivity index (χ1n) is 7.83. The van der Waals surface area contributed by atoms with Gasteiger partial charge < -0.3 is 24.0 Å². The third kappa shape index (κ3) is 4.50. The van der Waals surface area contributed by atoms with Crippen LogP contribution in [0.4, 0.5) is 0 Å². The lowest BCUT2D eigenvalue weighted by Gasteiger charge is -2.48. The van der Waals surface area contributed by atoms with Gasteiger partial charge in [-0.05, 0) is 41.5 Å². The zero-order valence-electron chi connectivity index (χ0n) is 14.9. The van der Waals surface area contributed by atoms with Crippen LogP contribution in [0.2, 0.25) is 0 Å². The molecule has 124 valence electrons. The van der Waals surface area contributed by atoms with E-state index in [1.54, 1.807) is 0 Å². The predicted octanol–water partition coefficient (Wildman–Crippen LogP) is 0.255. The Morgan fingerprint density at radius 3 is 0.850 bits per heavy atom. The zero-order chi connectivity index (χ0) is 15.1. The molecule has 6 heteroatoms. The highest BCUT2D eigenvalue weighted by molar-refractivity contribution is 7.66. The molecule has 0 atom stereocenters. The van der Waals surface area contributed by atoms with Gasteiger partial charge in [-0.1, -0.05) is 0 Å². The summed E-state index contributed by atoms with van der Waals surface area (Å²) in [6.45, 7) is 20.4. The fraction of sp³-hybridized carbons (Fsp3) is 1.00. The molecule has 0 aromatic carbocycles. The van der Waals surface area contributed by atoms with Crippen LogP contribution in [-0.4, -0.2) is 72.0 Å². The topological polar surface area (TPSA) is 13.0 Å². The Balaban J connectivity index is 0. The van der Waals surface area contributed by atoms with E-state index < -0.39 is 7.87 Å². The van der Waals surface area contributed by atoms with Gasteiger partial charge in [0.2, 0.25) is 0 Å². The standard InChI is InChI=1S/C14H36N4P.HI/c1-9-16(10-2)19(15(7)8,17(11-3)12-4)18(13-5)14-6;/h9-14H2,1-8H3;1H/q+1;/p-1. The van der Waals surface area contributed by atoms with Gasteiger partial charge in [-0.15, -0.1) is 18.7 Å². The van der Waals surface area contributed by atoms with Crippen LogP contribution in [0, 0.1) is 0 Å². The van der Waals surface area contributed by atoms with E-state index in [9.17, 15) is 0 Å². The van der Waals surface area contributed by atoms with Gasteiger partial charge in [0, 0.05) is 53.4 Å². The second-order valence-electron chi connectivity index (χ2n) is 4.80. The highest BCUT2D eigenvalue weighted by atomic mass is 127. The van der Waals surface area contributed by atoms with Gasteiger partial charge in [0.1, 0.15) is 0 Å². The van der Waals surface area contributed by atoms with Gasteiger partial charge in [-0.2, -0.15) is 0 Å². The monoisotopic (exact) mass is 418 g/mol. The highest BCUT2D eigenvalue weighted by Gasteiger charge is 2.56. The van der Waals surface area contributed by atoms with E-state index in [0.717, 1.165) is 39.3 Å². The first-order valence-corrected chi connectivity index (χ1v) is 9.43. The fourth-order valence-corrected chi connectivity index (χ4v) is 7.97. The molecule has 0 aliphatic rings. The van der Waals surface area contributed by atoms with Crippen molar-refractivity contribution in [2.24, 2.45) is 0 Å². The molecular formula is C14H36IN4P. The molecule has 4 nitrogen and oxygen atoms in total. The average Bonchev–Trinajstić information content (AvgIpc) is 2.41. The molecule has 0 saturated heterocycles. The minimum Gasteiger partial charge on any atom is -1.00 e. The van der Waals surface area contributed by atoms with Gasteiger partial charge in [0.25, 0.3) is 0 Å². The quantitative estimate of drug-likeness (QED) is 0.373. The summed E-state index contributed by atoms with van der Waals surface area (Å²) in [5, 5.41) is 0. The van der Waals surface area contributed by atoms with Crippen molar-refractivity contribution in [3.8, 4) is 0 Å². The molecule has 0 rings (SSSR count). The molecule has 0 fully saturated rings. The fourth-order valence-electron chi connectivity index (χ4n) is 3.10. The van der Waals surface area contributed by atoms with Gasteiger partial charge in [-0.25, -0.2) is 0 Å². The summed E-state index contributed by atoms with van der Waals surface area (Å²) in [6, 6.07) is 0. The Labute approximate surface area is 145 Å². The van der Waals surface area contributed by atoms with Crippen molar-refractivity contribution in [2.45, 2.75) is 41.5 Å². The SMILES string of the molecule is CCN(CC)[P+](N(C)C)(N(CC)CC)N(CC)CC.[I-]. The molecule has 0 saturated carbocycles. The van der Waals surface area contributed by atoms with Crippen LogP contribution in [0.1, 0.15) is 41.5 Å². The van der Waals surface area contributed by atoms with E-state index >= 15 is 0 Å². The van der Waals surface area contributed by atoms with Crippen molar-refractivity contribution in [3.63, 3.8) is 0 Å².